The van der Waals surface area contributed by atoms with Gasteiger partial charge in [0.1, 0.15) is 0 Å². The van der Waals surface area contributed by atoms with Crippen LogP contribution >= 0.6 is 11.3 Å². The number of nitrogens with zero attached hydrogens (tertiary/aromatic N) is 1. The molecule has 0 spiro atoms. The van der Waals surface area contributed by atoms with E-state index in [-0.39, 0.29) is 11.3 Å². The van der Waals surface area contributed by atoms with Crippen molar-refractivity contribution < 1.29 is 4.79 Å². The number of nitrogens with two attached hydrogens (primary N) is 1. The topological polar surface area (TPSA) is 68.0 Å². The molecule has 5 heteroatoms. The molecule has 4 nitrogen and oxygen atoms in total. The third-order valence-electron chi connectivity index (χ3n) is 3.69. The van der Waals surface area contributed by atoms with Crippen molar-refractivity contribution in [2.45, 2.75) is 45.4 Å². The number of rotatable bonds is 3. The van der Waals surface area contributed by atoms with Gasteiger partial charge in [0.2, 0.25) is 5.91 Å². The van der Waals surface area contributed by atoms with Gasteiger partial charge in [0.05, 0.1) is 11.1 Å². The van der Waals surface area contributed by atoms with Crippen molar-refractivity contribution in [2.24, 2.45) is 0 Å². The van der Waals surface area contributed by atoms with Crippen LogP contribution in [0.1, 0.15) is 45.9 Å². The lowest BCUT2D eigenvalue weighted by molar-refractivity contribution is -0.120. The minimum Gasteiger partial charge on any atom is -0.399 e. The van der Waals surface area contributed by atoms with Crippen molar-refractivity contribution in [3.05, 3.63) is 40.9 Å². The maximum atomic E-state index is 12.6. The largest absolute Gasteiger partial charge is 0.399 e. The zero-order chi connectivity index (χ0) is 16.5. The van der Waals surface area contributed by atoms with Crippen molar-refractivity contribution >= 4 is 28.1 Å². The number of nitrogen functional groups attached to an aromatic ring is 1. The third kappa shape index (κ3) is 3.47. The first-order valence-corrected chi connectivity index (χ1v) is 8.12. The molecule has 118 valence electrons. The molecular weight excluding hydrogens is 294 g/mol. The van der Waals surface area contributed by atoms with Gasteiger partial charge in [-0.1, -0.05) is 32.9 Å². The number of benzene rings is 1. The highest BCUT2D eigenvalue weighted by atomic mass is 32.1. The molecule has 3 N–H and O–H groups in total. The number of aromatic nitrogens is 1. The molecule has 2 rings (SSSR count). The van der Waals surface area contributed by atoms with Crippen molar-refractivity contribution in [3.63, 3.8) is 0 Å². The lowest BCUT2D eigenvalue weighted by Gasteiger charge is -2.23. The van der Waals surface area contributed by atoms with Gasteiger partial charge in [0, 0.05) is 16.5 Å². The first-order valence-electron chi connectivity index (χ1n) is 7.24. The van der Waals surface area contributed by atoms with Crippen LogP contribution in [-0.2, 0) is 15.6 Å². The van der Waals surface area contributed by atoms with Gasteiger partial charge in [-0.25, -0.2) is 4.98 Å². The summed E-state index contributed by atoms with van der Waals surface area (Å²) in [4.78, 5) is 17.1. The molecule has 0 atom stereocenters. The van der Waals surface area contributed by atoms with E-state index in [0.29, 0.717) is 10.8 Å². The second-order valence-electron chi connectivity index (χ2n) is 6.99. The second kappa shape index (κ2) is 5.72. The molecule has 2 aromatic rings. The molecule has 0 fully saturated rings. The van der Waals surface area contributed by atoms with Gasteiger partial charge in [-0.3, -0.25) is 4.79 Å². The lowest BCUT2D eigenvalue weighted by atomic mass is 9.83. The zero-order valence-electron chi connectivity index (χ0n) is 13.7. The van der Waals surface area contributed by atoms with Crippen LogP contribution in [0, 0.1) is 0 Å². The number of carbonyl (C=O) groups is 1. The molecule has 1 aromatic heterocycles. The smallest absolute Gasteiger partial charge is 0.236 e. The summed E-state index contributed by atoms with van der Waals surface area (Å²) >= 11 is 1.46. The first-order chi connectivity index (χ1) is 10.1. The van der Waals surface area contributed by atoms with E-state index in [0.717, 1.165) is 11.3 Å². The monoisotopic (exact) mass is 317 g/mol. The molecular formula is C17H23N3OS. The van der Waals surface area contributed by atoms with Gasteiger partial charge in [0.15, 0.2) is 5.13 Å². The first kappa shape index (κ1) is 16.5. The molecule has 0 saturated heterocycles. The SMILES string of the molecule is CC(C)(C)c1csc(NC(=O)C(C)(C)c2ccc(N)cc2)n1. The highest BCUT2D eigenvalue weighted by Crippen LogP contribution is 2.29. The molecule has 0 aliphatic rings. The third-order valence-corrected chi connectivity index (χ3v) is 4.45. The summed E-state index contributed by atoms with van der Waals surface area (Å²) in [6, 6.07) is 7.39. The van der Waals surface area contributed by atoms with Gasteiger partial charge < -0.3 is 11.1 Å². The van der Waals surface area contributed by atoms with Gasteiger partial charge in [-0.2, -0.15) is 0 Å². The van der Waals surface area contributed by atoms with Crippen molar-refractivity contribution in [1.29, 1.82) is 0 Å². The van der Waals surface area contributed by atoms with Crippen molar-refractivity contribution in [2.75, 3.05) is 11.1 Å². The maximum Gasteiger partial charge on any atom is 0.236 e. The van der Waals surface area contributed by atoms with Crippen LogP contribution in [0.2, 0.25) is 0 Å². The fraction of sp³-hybridized carbons (Fsp3) is 0.412. The molecule has 0 unspecified atom stereocenters. The van der Waals surface area contributed by atoms with Crippen molar-refractivity contribution in [1.82, 2.24) is 4.98 Å². The Bertz CT molecular complexity index is 666. The number of hydrogen-bond acceptors (Lipinski definition) is 4. The maximum absolute atomic E-state index is 12.6. The van der Waals surface area contributed by atoms with E-state index in [9.17, 15) is 4.79 Å². The standard InChI is InChI=1S/C17H23N3OS/c1-16(2,3)13-10-22-15(19-13)20-14(21)17(4,5)11-6-8-12(18)9-7-11/h6-10H,18H2,1-5H3,(H,19,20,21). The van der Waals surface area contributed by atoms with Gasteiger partial charge in [-0.15, -0.1) is 11.3 Å². The Morgan fingerprint density at radius 3 is 2.23 bits per heavy atom. The number of carbonyl (C=O) groups excluding carboxylic acids is 1. The predicted molar refractivity (Wildman–Crippen MR) is 93.3 cm³/mol. The fourth-order valence-electron chi connectivity index (χ4n) is 1.96. The molecule has 1 heterocycles. The average Bonchev–Trinajstić information content (AvgIpc) is 2.87. The molecule has 22 heavy (non-hydrogen) atoms. The van der Waals surface area contributed by atoms with Crippen molar-refractivity contribution in [3.8, 4) is 0 Å². The summed E-state index contributed by atoms with van der Waals surface area (Å²) in [6.45, 7) is 10.1. The molecule has 1 aromatic carbocycles. The minimum absolute atomic E-state index is 0.0219. The van der Waals surface area contributed by atoms with Crippen LogP contribution in [0.5, 0.6) is 0 Å². The van der Waals surface area contributed by atoms with Crippen LogP contribution in [0.3, 0.4) is 0 Å². The fourth-order valence-corrected chi connectivity index (χ4v) is 2.89. The quantitative estimate of drug-likeness (QED) is 0.843. The Balaban J connectivity index is 2.17. The van der Waals surface area contributed by atoms with Crippen LogP contribution < -0.4 is 11.1 Å². The van der Waals surface area contributed by atoms with Crippen LogP contribution in [0.25, 0.3) is 0 Å². The molecule has 0 saturated carbocycles. The highest BCUT2D eigenvalue weighted by Gasteiger charge is 2.30. The van der Waals surface area contributed by atoms with Gasteiger partial charge >= 0.3 is 0 Å². The Morgan fingerprint density at radius 2 is 1.73 bits per heavy atom. The summed E-state index contributed by atoms with van der Waals surface area (Å²) in [5, 5.41) is 5.55. The Hall–Kier alpha value is -1.88. The number of hydrogen-bond donors (Lipinski definition) is 2. The Labute approximate surface area is 135 Å². The lowest BCUT2D eigenvalue weighted by Crippen LogP contribution is -2.34. The van der Waals surface area contributed by atoms with E-state index in [1.165, 1.54) is 11.3 Å². The summed E-state index contributed by atoms with van der Waals surface area (Å²) < 4.78 is 0. The molecule has 0 aliphatic carbocycles. The summed E-state index contributed by atoms with van der Waals surface area (Å²) in [5.74, 6) is -0.0768. The van der Waals surface area contributed by atoms with E-state index in [1.54, 1.807) is 0 Å². The summed E-state index contributed by atoms with van der Waals surface area (Å²) in [7, 11) is 0. The van der Waals surface area contributed by atoms with E-state index < -0.39 is 5.41 Å². The Kier molecular flexibility index (Phi) is 4.29. The summed E-state index contributed by atoms with van der Waals surface area (Å²) in [5.41, 5.74) is 7.63. The van der Waals surface area contributed by atoms with Gasteiger partial charge in [0.25, 0.3) is 0 Å². The Morgan fingerprint density at radius 1 is 1.14 bits per heavy atom. The number of amides is 1. The molecule has 0 radical (unpaired) electrons. The van der Waals surface area contributed by atoms with Crippen LogP contribution in [-0.4, -0.2) is 10.9 Å². The number of nitrogens with one attached hydrogen (secondary N) is 1. The van der Waals surface area contributed by atoms with Gasteiger partial charge in [-0.05, 0) is 31.5 Å². The average molecular weight is 317 g/mol. The normalized spacial score (nSPS) is 12.2. The highest BCUT2D eigenvalue weighted by molar-refractivity contribution is 7.14. The van der Waals surface area contributed by atoms with E-state index in [1.807, 2.05) is 43.5 Å². The van der Waals surface area contributed by atoms with Crippen LogP contribution in [0.4, 0.5) is 10.8 Å². The van der Waals surface area contributed by atoms with E-state index in [2.05, 4.69) is 31.1 Å². The van der Waals surface area contributed by atoms with E-state index in [4.69, 9.17) is 5.73 Å². The summed E-state index contributed by atoms with van der Waals surface area (Å²) in [6.07, 6.45) is 0. The zero-order valence-corrected chi connectivity index (χ0v) is 14.5. The molecule has 0 aliphatic heterocycles. The second-order valence-corrected chi connectivity index (χ2v) is 7.85. The predicted octanol–water partition coefficient (Wildman–Crippen LogP) is 3.94. The molecule has 0 bridgehead atoms. The molecule has 1 amide bonds. The number of anilines is 2. The van der Waals surface area contributed by atoms with Crippen LogP contribution in [0.15, 0.2) is 29.6 Å². The minimum atomic E-state index is -0.652. The van der Waals surface area contributed by atoms with E-state index >= 15 is 0 Å². The number of thiazole rings is 1.